The molecule has 2 heteroatoms. The molecule has 98 valence electrons. The molecule has 0 fully saturated rings. The van der Waals surface area contributed by atoms with Crippen molar-refractivity contribution in [2.75, 3.05) is 5.73 Å². The third-order valence-corrected chi connectivity index (χ3v) is 3.11. The van der Waals surface area contributed by atoms with Gasteiger partial charge >= 0.3 is 0 Å². The summed E-state index contributed by atoms with van der Waals surface area (Å²) >= 11 is 0. The Morgan fingerprint density at radius 1 is 1.11 bits per heavy atom. The van der Waals surface area contributed by atoms with Gasteiger partial charge in [-0.3, -0.25) is 0 Å². The minimum absolute atomic E-state index is 0.471. The fourth-order valence-electron chi connectivity index (χ4n) is 1.91. The zero-order chi connectivity index (χ0) is 13.7. The number of aliphatic hydroxyl groups is 1. The standard InChI is InChI=1S/C17H19NO/c1-13-9-11-15(12-10-13)17(19)8-4-6-14-5-2-3-7-16(14)18/h2-7,9-12,17,19H,8,18H2,1H3/b6-4+. The molecule has 0 aromatic heterocycles. The summed E-state index contributed by atoms with van der Waals surface area (Å²) in [6.07, 6.45) is 4.02. The average Bonchev–Trinajstić information content (AvgIpc) is 2.41. The van der Waals surface area contributed by atoms with Gasteiger partial charge in [-0.25, -0.2) is 0 Å². The summed E-state index contributed by atoms with van der Waals surface area (Å²) in [4.78, 5) is 0. The van der Waals surface area contributed by atoms with E-state index in [1.165, 1.54) is 5.56 Å². The Morgan fingerprint density at radius 2 is 1.79 bits per heavy atom. The number of hydrogen-bond donors (Lipinski definition) is 2. The molecule has 0 aliphatic carbocycles. The van der Waals surface area contributed by atoms with Gasteiger partial charge in [0, 0.05) is 5.69 Å². The van der Waals surface area contributed by atoms with E-state index in [0.717, 1.165) is 16.8 Å². The maximum absolute atomic E-state index is 10.1. The molecule has 2 aromatic rings. The van der Waals surface area contributed by atoms with Crippen LogP contribution in [0.4, 0.5) is 5.69 Å². The number of aliphatic hydroxyl groups excluding tert-OH is 1. The maximum Gasteiger partial charge on any atom is 0.0824 e. The van der Waals surface area contributed by atoms with Crippen LogP contribution in [-0.4, -0.2) is 5.11 Å². The first-order valence-electron chi connectivity index (χ1n) is 6.42. The summed E-state index contributed by atoms with van der Waals surface area (Å²) < 4.78 is 0. The monoisotopic (exact) mass is 253 g/mol. The van der Waals surface area contributed by atoms with Crippen molar-refractivity contribution in [3.8, 4) is 0 Å². The molecule has 0 radical (unpaired) electrons. The highest BCUT2D eigenvalue weighted by atomic mass is 16.3. The second-order valence-corrected chi connectivity index (χ2v) is 4.69. The van der Waals surface area contributed by atoms with E-state index in [1.807, 2.05) is 67.6 Å². The molecule has 0 bridgehead atoms. The number of anilines is 1. The third kappa shape index (κ3) is 3.70. The van der Waals surface area contributed by atoms with Crippen LogP contribution in [0.1, 0.15) is 29.2 Å². The SMILES string of the molecule is Cc1ccc(C(O)C/C=C/c2ccccc2N)cc1. The highest BCUT2D eigenvalue weighted by Gasteiger charge is 2.04. The van der Waals surface area contributed by atoms with Gasteiger partial charge in [0.05, 0.1) is 6.10 Å². The van der Waals surface area contributed by atoms with E-state index < -0.39 is 6.10 Å². The molecular weight excluding hydrogens is 234 g/mol. The van der Waals surface area contributed by atoms with E-state index in [9.17, 15) is 5.11 Å². The van der Waals surface area contributed by atoms with Crippen LogP contribution in [0.3, 0.4) is 0 Å². The topological polar surface area (TPSA) is 46.2 Å². The average molecular weight is 253 g/mol. The Kier molecular flexibility index (Phi) is 4.37. The zero-order valence-electron chi connectivity index (χ0n) is 11.1. The van der Waals surface area contributed by atoms with E-state index >= 15 is 0 Å². The predicted molar refractivity (Wildman–Crippen MR) is 80.6 cm³/mol. The van der Waals surface area contributed by atoms with Crippen LogP contribution in [0.5, 0.6) is 0 Å². The molecule has 2 nitrogen and oxygen atoms in total. The van der Waals surface area contributed by atoms with Crippen molar-refractivity contribution in [1.82, 2.24) is 0 Å². The Balaban J connectivity index is 1.99. The first kappa shape index (κ1) is 13.4. The van der Waals surface area contributed by atoms with Crippen molar-refractivity contribution >= 4 is 11.8 Å². The largest absolute Gasteiger partial charge is 0.398 e. The Bertz CT molecular complexity index is 558. The van der Waals surface area contributed by atoms with Crippen molar-refractivity contribution in [1.29, 1.82) is 0 Å². The summed E-state index contributed by atoms with van der Waals surface area (Å²) in [7, 11) is 0. The Labute approximate surface area is 114 Å². The van der Waals surface area contributed by atoms with Gasteiger partial charge in [-0.05, 0) is 30.5 Å². The van der Waals surface area contributed by atoms with Crippen LogP contribution < -0.4 is 5.73 Å². The van der Waals surface area contributed by atoms with Crippen molar-refractivity contribution in [3.63, 3.8) is 0 Å². The third-order valence-electron chi connectivity index (χ3n) is 3.11. The molecule has 19 heavy (non-hydrogen) atoms. The van der Waals surface area contributed by atoms with Crippen LogP contribution in [0.15, 0.2) is 54.6 Å². The predicted octanol–water partition coefficient (Wildman–Crippen LogP) is 3.71. The lowest BCUT2D eigenvalue weighted by Gasteiger charge is -2.08. The molecule has 0 saturated carbocycles. The summed E-state index contributed by atoms with van der Waals surface area (Å²) in [5.41, 5.74) is 9.73. The van der Waals surface area contributed by atoms with Crippen molar-refractivity contribution in [2.45, 2.75) is 19.4 Å². The number of benzene rings is 2. The van der Waals surface area contributed by atoms with E-state index in [4.69, 9.17) is 5.73 Å². The maximum atomic E-state index is 10.1. The van der Waals surface area contributed by atoms with Crippen LogP contribution in [0.2, 0.25) is 0 Å². The number of nitrogen functional groups attached to an aromatic ring is 1. The molecule has 1 unspecified atom stereocenters. The van der Waals surface area contributed by atoms with Crippen LogP contribution in [0, 0.1) is 6.92 Å². The first-order valence-corrected chi connectivity index (χ1v) is 6.42. The van der Waals surface area contributed by atoms with Crippen LogP contribution >= 0.6 is 0 Å². The summed E-state index contributed by atoms with van der Waals surface area (Å²) in [5, 5.41) is 10.1. The lowest BCUT2D eigenvalue weighted by molar-refractivity contribution is 0.182. The van der Waals surface area contributed by atoms with E-state index in [-0.39, 0.29) is 0 Å². The molecule has 0 saturated heterocycles. The lowest BCUT2D eigenvalue weighted by atomic mass is 10.0. The second kappa shape index (κ2) is 6.21. The normalized spacial score (nSPS) is 12.7. The smallest absolute Gasteiger partial charge is 0.0824 e. The molecule has 2 aromatic carbocycles. The first-order chi connectivity index (χ1) is 9.16. The van der Waals surface area contributed by atoms with Crippen molar-refractivity contribution < 1.29 is 5.11 Å². The molecule has 0 spiro atoms. The van der Waals surface area contributed by atoms with E-state index in [0.29, 0.717) is 6.42 Å². The Morgan fingerprint density at radius 3 is 2.47 bits per heavy atom. The van der Waals surface area contributed by atoms with Gasteiger partial charge in [0.1, 0.15) is 0 Å². The minimum Gasteiger partial charge on any atom is -0.398 e. The quantitative estimate of drug-likeness (QED) is 0.816. The van der Waals surface area contributed by atoms with Crippen molar-refractivity contribution in [3.05, 3.63) is 71.3 Å². The Hall–Kier alpha value is -2.06. The van der Waals surface area contributed by atoms with Gasteiger partial charge in [-0.1, -0.05) is 60.2 Å². The number of rotatable bonds is 4. The molecule has 1 atom stereocenters. The zero-order valence-corrected chi connectivity index (χ0v) is 11.1. The van der Waals surface area contributed by atoms with Crippen LogP contribution in [-0.2, 0) is 0 Å². The highest BCUT2D eigenvalue weighted by molar-refractivity contribution is 5.64. The van der Waals surface area contributed by atoms with Gasteiger partial charge in [0.25, 0.3) is 0 Å². The molecule has 0 heterocycles. The summed E-state index contributed by atoms with van der Waals surface area (Å²) in [6, 6.07) is 15.6. The summed E-state index contributed by atoms with van der Waals surface area (Å²) in [6.45, 7) is 2.04. The van der Waals surface area contributed by atoms with Crippen LogP contribution in [0.25, 0.3) is 6.08 Å². The molecule has 3 N–H and O–H groups in total. The fourth-order valence-corrected chi connectivity index (χ4v) is 1.91. The van der Waals surface area contributed by atoms with Gasteiger partial charge < -0.3 is 10.8 Å². The van der Waals surface area contributed by atoms with E-state index in [1.54, 1.807) is 0 Å². The molecule has 0 amide bonds. The number of para-hydroxylation sites is 1. The second-order valence-electron chi connectivity index (χ2n) is 4.69. The number of nitrogens with two attached hydrogens (primary N) is 1. The molecule has 0 aliphatic heterocycles. The van der Waals surface area contributed by atoms with Crippen molar-refractivity contribution in [2.24, 2.45) is 0 Å². The number of aryl methyl sites for hydroxylation is 1. The number of hydrogen-bond acceptors (Lipinski definition) is 2. The van der Waals surface area contributed by atoms with Gasteiger partial charge in [-0.2, -0.15) is 0 Å². The summed E-state index contributed by atoms with van der Waals surface area (Å²) in [5.74, 6) is 0. The van der Waals surface area contributed by atoms with E-state index in [2.05, 4.69) is 0 Å². The fraction of sp³-hybridized carbons (Fsp3) is 0.176. The molecule has 0 aliphatic rings. The highest BCUT2D eigenvalue weighted by Crippen LogP contribution is 2.19. The van der Waals surface area contributed by atoms with Gasteiger partial charge in [0.2, 0.25) is 0 Å². The molecule has 2 rings (SSSR count). The minimum atomic E-state index is -0.471. The lowest BCUT2D eigenvalue weighted by Crippen LogP contribution is -1.95. The molecular formula is C17H19NO. The van der Waals surface area contributed by atoms with Gasteiger partial charge in [-0.15, -0.1) is 0 Å². The van der Waals surface area contributed by atoms with Gasteiger partial charge in [0.15, 0.2) is 0 Å².